The number of aliphatic hydroxyl groups is 1. The van der Waals surface area contributed by atoms with Crippen molar-refractivity contribution in [2.45, 2.75) is 75.3 Å². The van der Waals surface area contributed by atoms with Gasteiger partial charge in [-0.25, -0.2) is 0 Å². The Morgan fingerprint density at radius 3 is 1.56 bits per heavy atom. The molecule has 0 saturated heterocycles. The summed E-state index contributed by atoms with van der Waals surface area (Å²) in [7, 11) is 0. The number of esters is 2. The van der Waals surface area contributed by atoms with Gasteiger partial charge in [-0.2, -0.15) is 0 Å². The summed E-state index contributed by atoms with van der Waals surface area (Å²) in [5, 5.41) is 9.91. The summed E-state index contributed by atoms with van der Waals surface area (Å²) in [5.74, 6) is 0.170. The lowest BCUT2D eigenvalue weighted by atomic mass is 9.81. The van der Waals surface area contributed by atoms with Crippen molar-refractivity contribution >= 4 is 11.9 Å². The van der Waals surface area contributed by atoms with Gasteiger partial charge in [-0.05, 0) is 11.8 Å². The Kier molecular flexibility index (Phi) is 12.8. The van der Waals surface area contributed by atoms with Crippen LogP contribution in [0.4, 0.5) is 0 Å². The molecular formula is C20H40O5. The van der Waals surface area contributed by atoms with Crippen LogP contribution >= 0.6 is 0 Å². The molecule has 0 spiro atoms. The number of hydrogen-bond donors (Lipinski definition) is 1. The number of aliphatic hydroxyl groups excluding tert-OH is 1. The molecule has 0 aromatic heterocycles. The molecule has 0 aromatic rings. The zero-order valence-electron chi connectivity index (χ0n) is 17.9. The van der Waals surface area contributed by atoms with Gasteiger partial charge in [0.2, 0.25) is 0 Å². The number of carbonyl (C=O) groups excluding carboxylic acids is 2. The van der Waals surface area contributed by atoms with Crippen LogP contribution in [0.25, 0.3) is 0 Å². The summed E-state index contributed by atoms with van der Waals surface area (Å²) in [6, 6.07) is 0. The minimum absolute atomic E-state index is 0.00116. The van der Waals surface area contributed by atoms with Crippen LogP contribution in [0.2, 0.25) is 0 Å². The van der Waals surface area contributed by atoms with E-state index in [4.69, 9.17) is 9.47 Å². The minimum atomic E-state index is -0.461. The number of rotatable bonds is 8. The third-order valence-corrected chi connectivity index (χ3v) is 3.52. The maximum absolute atomic E-state index is 11.3. The molecule has 1 atom stereocenters. The highest BCUT2D eigenvalue weighted by Crippen LogP contribution is 2.26. The van der Waals surface area contributed by atoms with Crippen molar-refractivity contribution < 1.29 is 24.2 Å². The molecule has 0 bridgehead atoms. The SMILES string of the molecule is CC(C)C(=O)OCC(C)(C)C(O)C(C)C.CC(C)COC(=O)C(C)C. The van der Waals surface area contributed by atoms with E-state index in [0.717, 1.165) is 0 Å². The average Bonchev–Trinajstić information content (AvgIpc) is 2.49. The van der Waals surface area contributed by atoms with Crippen LogP contribution in [0.1, 0.15) is 69.2 Å². The van der Waals surface area contributed by atoms with Crippen LogP contribution in [-0.2, 0) is 19.1 Å². The van der Waals surface area contributed by atoms with Gasteiger partial charge in [0.1, 0.15) is 0 Å². The second-order valence-corrected chi connectivity index (χ2v) is 8.62. The molecule has 0 rings (SSSR count). The summed E-state index contributed by atoms with van der Waals surface area (Å²) >= 11 is 0. The first kappa shape index (κ1) is 26.1. The first-order valence-corrected chi connectivity index (χ1v) is 9.23. The van der Waals surface area contributed by atoms with Gasteiger partial charge < -0.3 is 14.6 Å². The summed E-state index contributed by atoms with van der Waals surface area (Å²) in [6.45, 7) is 19.8. The number of ether oxygens (including phenoxy) is 2. The second-order valence-electron chi connectivity index (χ2n) is 8.62. The molecule has 0 amide bonds. The summed E-state index contributed by atoms with van der Waals surface area (Å²) < 4.78 is 10.1. The molecule has 150 valence electrons. The molecule has 0 aromatic carbocycles. The molecule has 25 heavy (non-hydrogen) atoms. The normalized spacial score (nSPS) is 12.9. The molecule has 5 heteroatoms. The second kappa shape index (κ2) is 12.3. The topological polar surface area (TPSA) is 72.8 Å². The summed E-state index contributed by atoms with van der Waals surface area (Å²) in [5.41, 5.74) is -0.390. The molecule has 0 aliphatic carbocycles. The molecule has 0 saturated carbocycles. The highest BCUT2D eigenvalue weighted by atomic mass is 16.5. The first-order chi connectivity index (χ1) is 11.2. The van der Waals surface area contributed by atoms with E-state index < -0.39 is 11.5 Å². The van der Waals surface area contributed by atoms with Crippen molar-refractivity contribution in [3.8, 4) is 0 Å². The van der Waals surface area contributed by atoms with E-state index in [9.17, 15) is 14.7 Å². The van der Waals surface area contributed by atoms with Crippen molar-refractivity contribution in [3.05, 3.63) is 0 Å². The van der Waals surface area contributed by atoms with Crippen LogP contribution in [0.15, 0.2) is 0 Å². The van der Waals surface area contributed by atoms with Gasteiger partial charge in [-0.3, -0.25) is 9.59 Å². The van der Waals surface area contributed by atoms with Crippen molar-refractivity contribution in [1.29, 1.82) is 0 Å². The summed E-state index contributed by atoms with van der Waals surface area (Å²) in [6.07, 6.45) is -0.461. The molecule has 0 heterocycles. The fourth-order valence-corrected chi connectivity index (χ4v) is 1.83. The average molecular weight is 361 g/mol. The van der Waals surface area contributed by atoms with Crippen LogP contribution in [0, 0.1) is 29.1 Å². The minimum Gasteiger partial charge on any atom is -0.465 e. The summed E-state index contributed by atoms with van der Waals surface area (Å²) in [4.78, 5) is 22.1. The molecule has 0 aliphatic heterocycles. The highest BCUT2D eigenvalue weighted by molar-refractivity contribution is 5.71. The quantitative estimate of drug-likeness (QED) is 0.661. The maximum Gasteiger partial charge on any atom is 0.308 e. The fraction of sp³-hybridized carbons (Fsp3) is 0.900. The zero-order valence-corrected chi connectivity index (χ0v) is 17.9. The van der Waals surface area contributed by atoms with Gasteiger partial charge >= 0.3 is 11.9 Å². The van der Waals surface area contributed by atoms with Crippen molar-refractivity contribution in [2.24, 2.45) is 29.1 Å². The van der Waals surface area contributed by atoms with Gasteiger partial charge in [0.25, 0.3) is 0 Å². The fourth-order valence-electron chi connectivity index (χ4n) is 1.83. The van der Waals surface area contributed by atoms with E-state index in [1.54, 1.807) is 13.8 Å². The molecular weight excluding hydrogens is 320 g/mol. The van der Waals surface area contributed by atoms with E-state index >= 15 is 0 Å². The molecule has 0 aliphatic rings. The lowest BCUT2D eigenvalue weighted by Gasteiger charge is -2.32. The first-order valence-electron chi connectivity index (χ1n) is 9.23. The van der Waals surface area contributed by atoms with Crippen LogP contribution in [-0.4, -0.2) is 36.4 Å². The monoisotopic (exact) mass is 360 g/mol. The Morgan fingerprint density at radius 1 is 0.840 bits per heavy atom. The third-order valence-electron chi connectivity index (χ3n) is 3.52. The van der Waals surface area contributed by atoms with Gasteiger partial charge in [0.15, 0.2) is 0 Å². The third kappa shape index (κ3) is 12.9. The lowest BCUT2D eigenvalue weighted by molar-refractivity contribution is -0.153. The Balaban J connectivity index is 0. The Bertz CT molecular complexity index is 384. The molecule has 0 fully saturated rings. The Hall–Kier alpha value is -1.10. The van der Waals surface area contributed by atoms with Crippen molar-refractivity contribution in [1.82, 2.24) is 0 Å². The van der Waals surface area contributed by atoms with Gasteiger partial charge in [0.05, 0.1) is 31.2 Å². The van der Waals surface area contributed by atoms with E-state index in [-0.39, 0.29) is 36.3 Å². The maximum atomic E-state index is 11.3. The van der Waals surface area contributed by atoms with E-state index in [1.807, 2.05) is 55.4 Å². The van der Waals surface area contributed by atoms with Crippen molar-refractivity contribution in [2.75, 3.05) is 13.2 Å². The predicted octanol–water partition coefficient (Wildman–Crippen LogP) is 4.07. The van der Waals surface area contributed by atoms with Crippen LogP contribution < -0.4 is 0 Å². The van der Waals surface area contributed by atoms with E-state index in [1.165, 1.54) is 0 Å². The van der Waals surface area contributed by atoms with Gasteiger partial charge in [0, 0.05) is 5.41 Å². The predicted molar refractivity (Wildman–Crippen MR) is 101 cm³/mol. The van der Waals surface area contributed by atoms with E-state index in [0.29, 0.717) is 12.5 Å². The van der Waals surface area contributed by atoms with Gasteiger partial charge in [-0.15, -0.1) is 0 Å². The number of carbonyl (C=O) groups is 2. The van der Waals surface area contributed by atoms with E-state index in [2.05, 4.69) is 0 Å². The molecule has 1 N–H and O–H groups in total. The zero-order chi connectivity index (χ0) is 20.4. The lowest BCUT2D eigenvalue weighted by Crippen LogP contribution is -2.38. The molecule has 1 unspecified atom stereocenters. The van der Waals surface area contributed by atoms with Gasteiger partial charge in [-0.1, -0.05) is 69.2 Å². The molecule has 0 radical (unpaired) electrons. The van der Waals surface area contributed by atoms with Crippen molar-refractivity contribution in [3.63, 3.8) is 0 Å². The smallest absolute Gasteiger partial charge is 0.308 e. The standard InChI is InChI=1S/C12H24O3.C8H16O2/c1-8(2)10(13)12(5,6)7-15-11(14)9(3)4;1-6(2)5-10-8(9)7(3)4/h8-10,13H,7H2,1-6H3;6-7H,5H2,1-4H3. The highest BCUT2D eigenvalue weighted by Gasteiger charge is 2.31. The Morgan fingerprint density at radius 2 is 1.24 bits per heavy atom. The van der Waals surface area contributed by atoms with Crippen LogP contribution in [0.5, 0.6) is 0 Å². The number of hydrogen-bond acceptors (Lipinski definition) is 5. The largest absolute Gasteiger partial charge is 0.465 e. The Labute approximate surface area is 154 Å². The molecule has 5 nitrogen and oxygen atoms in total. The van der Waals surface area contributed by atoms with Crippen LogP contribution in [0.3, 0.4) is 0 Å².